The molecule has 0 spiro atoms. The van der Waals surface area contributed by atoms with E-state index < -0.39 is 10.0 Å². The van der Waals surface area contributed by atoms with Crippen molar-refractivity contribution in [2.45, 2.75) is 18.4 Å². The number of aliphatic hydroxyl groups is 1. The fourth-order valence-corrected chi connectivity index (χ4v) is 3.91. The Bertz CT molecular complexity index is 576. The number of hydrogen-bond donors (Lipinski definition) is 1. The van der Waals surface area contributed by atoms with Crippen LogP contribution < -0.4 is 4.74 Å². The molecule has 1 rings (SSSR count). The van der Waals surface area contributed by atoms with Crippen LogP contribution in [0.5, 0.6) is 5.75 Å². The number of rotatable bonds is 8. The van der Waals surface area contributed by atoms with E-state index in [4.69, 9.17) is 21.1 Å². The molecule has 1 aromatic carbocycles. The van der Waals surface area contributed by atoms with Crippen LogP contribution >= 0.6 is 11.6 Å². The van der Waals surface area contributed by atoms with Gasteiger partial charge in [0.25, 0.3) is 0 Å². The van der Waals surface area contributed by atoms with E-state index in [1.807, 2.05) is 0 Å². The normalized spacial score (nSPS) is 11.9. The maximum Gasteiger partial charge on any atom is 0.246 e. The van der Waals surface area contributed by atoms with Gasteiger partial charge in [-0.25, -0.2) is 8.42 Å². The molecule has 0 atom stereocenters. The van der Waals surface area contributed by atoms with E-state index in [2.05, 4.69) is 0 Å². The quantitative estimate of drug-likeness (QED) is 0.778. The van der Waals surface area contributed by atoms with Gasteiger partial charge in [-0.1, -0.05) is 18.5 Å². The first-order valence-electron chi connectivity index (χ1n) is 6.38. The summed E-state index contributed by atoms with van der Waals surface area (Å²) in [6.07, 6.45) is 0. The summed E-state index contributed by atoms with van der Waals surface area (Å²) in [5, 5.41) is 9.56. The van der Waals surface area contributed by atoms with Crippen molar-refractivity contribution < 1.29 is 23.0 Å². The molecule has 0 amide bonds. The molecular weight excluding hydrogens is 318 g/mol. The molecule has 0 aliphatic rings. The molecule has 1 aromatic rings. The molecule has 8 heteroatoms. The number of methoxy groups -OCH3 is 2. The fraction of sp³-hybridized carbons (Fsp3) is 0.538. The molecule has 0 heterocycles. The van der Waals surface area contributed by atoms with Crippen LogP contribution in [0.3, 0.4) is 0 Å². The van der Waals surface area contributed by atoms with Crippen molar-refractivity contribution in [3.63, 3.8) is 0 Å². The van der Waals surface area contributed by atoms with Crippen LogP contribution in [0.2, 0.25) is 5.02 Å². The zero-order chi connectivity index (χ0) is 16.0. The minimum Gasteiger partial charge on any atom is -0.495 e. The molecule has 0 aliphatic heterocycles. The third-order valence-corrected chi connectivity index (χ3v) is 5.18. The van der Waals surface area contributed by atoms with Crippen molar-refractivity contribution in [3.8, 4) is 5.75 Å². The Balaban J connectivity index is 3.38. The van der Waals surface area contributed by atoms with Gasteiger partial charge < -0.3 is 14.6 Å². The van der Waals surface area contributed by atoms with E-state index in [0.717, 1.165) is 0 Å². The Kier molecular flexibility index (Phi) is 6.89. The van der Waals surface area contributed by atoms with Crippen molar-refractivity contribution in [1.29, 1.82) is 0 Å². The average Bonchev–Trinajstić information content (AvgIpc) is 2.46. The number of hydrogen-bond acceptors (Lipinski definition) is 5. The Morgan fingerprint density at radius 2 is 2.00 bits per heavy atom. The second kappa shape index (κ2) is 7.95. The smallest absolute Gasteiger partial charge is 0.246 e. The molecule has 1 N–H and O–H groups in total. The van der Waals surface area contributed by atoms with Crippen LogP contribution in [0.4, 0.5) is 0 Å². The molecule has 21 heavy (non-hydrogen) atoms. The van der Waals surface area contributed by atoms with E-state index in [-0.39, 0.29) is 42.0 Å². The zero-order valence-electron chi connectivity index (χ0n) is 12.3. The highest BCUT2D eigenvalue weighted by atomic mass is 35.5. The summed E-state index contributed by atoms with van der Waals surface area (Å²) in [5.41, 5.74) is 0.325. The lowest BCUT2D eigenvalue weighted by Crippen LogP contribution is -2.34. The first-order valence-corrected chi connectivity index (χ1v) is 8.20. The van der Waals surface area contributed by atoms with E-state index in [0.29, 0.717) is 5.56 Å². The summed E-state index contributed by atoms with van der Waals surface area (Å²) in [4.78, 5) is -0.0560. The van der Waals surface area contributed by atoms with Crippen LogP contribution in [0.15, 0.2) is 17.0 Å². The molecule has 0 bridgehead atoms. The molecule has 0 aromatic heterocycles. The summed E-state index contributed by atoms with van der Waals surface area (Å²) in [6, 6.07) is 2.80. The van der Waals surface area contributed by atoms with Gasteiger partial charge in [0.05, 0.1) is 20.3 Å². The monoisotopic (exact) mass is 337 g/mol. The van der Waals surface area contributed by atoms with Crippen molar-refractivity contribution in [1.82, 2.24) is 4.31 Å². The zero-order valence-corrected chi connectivity index (χ0v) is 13.9. The highest BCUT2D eigenvalue weighted by molar-refractivity contribution is 7.89. The number of nitrogens with zero attached hydrogens (tertiary/aromatic N) is 1. The van der Waals surface area contributed by atoms with Crippen LogP contribution in [0.25, 0.3) is 0 Å². The number of likely N-dealkylation sites (N-methyl/N-ethyl adjacent to an activating group) is 1. The van der Waals surface area contributed by atoms with Crippen molar-refractivity contribution in [2.75, 3.05) is 33.9 Å². The summed E-state index contributed by atoms with van der Waals surface area (Å²) < 4.78 is 36.8. The summed E-state index contributed by atoms with van der Waals surface area (Å²) >= 11 is 5.94. The third kappa shape index (κ3) is 4.08. The van der Waals surface area contributed by atoms with Crippen molar-refractivity contribution in [2.24, 2.45) is 0 Å². The molecular formula is C13H20ClNO5S. The van der Waals surface area contributed by atoms with Crippen molar-refractivity contribution >= 4 is 21.6 Å². The number of aliphatic hydroxyl groups excluding tert-OH is 1. The van der Waals surface area contributed by atoms with Crippen molar-refractivity contribution in [3.05, 3.63) is 22.7 Å². The van der Waals surface area contributed by atoms with Gasteiger partial charge in [-0.3, -0.25) is 0 Å². The van der Waals surface area contributed by atoms with Crippen LogP contribution in [0, 0.1) is 0 Å². The summed E-state index contributed by atoms with van der Waals surface area (Å²) in [7, 11) is -0.930. The predicted molar refractivity (Wildman–Crippen MR) is 80.2 cm³/mol. The molecule has 0 radical (unpaired) electrons. The van der Waals surface area contributed by atoms with Crippen LogP contribution in [0.1, 0.15) is 12.5 Å². The Morgan fingerprint density at radius 1 is 1.33 bits per heavy atom. The topological polar surface area (TPSA) is 76.1 Å². The SMILES string of the molecule is CCN(CCOC)S(=O)(=O)c1cc(Cl)cc(CO)c1OC. The fourth-order valence-electron chi connectivity index (χ4n) is 1.94. The van der Waals surface area contributed by atoms with E-state index in [1.54, 1.807) is 6.92 Å². The molecule has 0 fully saturated rings. The first-order chi connectivity index (χ1) is 9.92. The van der Waals surface area contributed by atoms with Gasteiger partial charge in [0.2, 0.25) is 10.0 Å². The van der Waals surface area contributed by atoms with E-state index >= 15 is 0 Å². The lowest BCUT2D eigenvalue weighted by atomic mass is 10.2. The first kappa shape index (κ1) is 18.2. The number of sulfonamides is 1. The molecule has 6 nitrogen and oxygen atoms in total. The maximum absolute atomic E-state index is 12.7. The molecule has 0 saturated heterocycles. The van der Waals surface area contributed by atoms with Gasteiger partial charge in [0.1, 0.15) is 10.6 Å². The van der Waals surface area contributed by atoms with Gasteiger partial charge >= 0.3 is 0 Å². The molecule has 0 saturated carbocycles. The Morgan fingerprint density at radius 3 is 2.48 bits per heavy atom. The highest BCUT2D eigenvalue weighted by Crippen LogP contribution is 2.33. The van der Waals surface area contributed by atoms with Gasteiger partial charge in [0, 0.05) is 30.8 Å². The lowest BCUT2D eigenvalue weighted by Gasteiger charge is -2.22. The summed E-state index contributed by atoms with van der Waals surface area (Å²) in [6.45, 7) is 2.16. The van der Waals surface area contributed by atoms with Gasteiger partial charge in [0.15, 0.2) is 0 Å². The largest absolute Gasteiger partial charge is 0.495 e. The minimum absolute atomic E-state index is 0.0560. The van der Waals surface area contributed by atoms with Gasteiger partial charge in [-0.2, -0.15) is 4.31 Å². The lowest BCUT2D eigenvalue weighted by molar-refractivity contribution is 0.180. The van der Waals surface area contributed by atoms with Gasteiger partial charge in [-0.15, -0.1) is 0 Å². The van der Waals surface area contributed by atoms with Crippen LogP contribution in [-0.4, -0.2) is 51.7 Å². The Hall–Kier alpha value is -0.860. The second-order valence-corrected chi connectivity index (χ2v) is 6.59. The number of halogens is 1. The minimum atomic E-state index is -3.79. The summed E-state index contributed by atoms with van der Waals surface area (Å²) in [5.74, 6) is 0.109. The number of benzene rings is 1. The highest BCUT2D eigenvalue weighted by Gasteiger charge is 2.28. The predicted octanol–water partition coefficient (Wildman–Crippen LogP) is 1.50. The Labute approximate surface area is 130 Å². The van der Waals surface area contributed by atoms with E-state index in [9.17, 15) is 13.5 Å². The van der Waals surface area contributed by atoms with Crippen LogP contribution in [-0.2, 0) is 21.4 Å². The third-order valence-electron chi connectivity index (χ3n) is 2.99. The maximum atomic E-state index is 12.7. The standard InChI is InChI=1S/C13H20ClNO5S/c1-4-15(5-6-19-2)21(17,18)12-8-11(14)7-10(9-16)13(12)20-3/h7-8,16H,4-6,9H2,1-3H3. The van der Waals surface area contributed by atoms with E-state index in [1.165, 1.54) is 30.7 Å². The second-order valence-electron chi connectivity index (χ2n) is 4.24. The van der Waals surface area contributed by atoms with Gasteiger partial charge in [-0.05, 0) is 12.1 Å². The number of ether oxygens (including phenoxy) is 2. The molecule has 0 unspecified atom stereocenters. The average molecular weight is 338 g/mol. The molecule has 0 aliphatic carbocycles. The molecule has 120 valence electrons.